The highest BCUT2D eigenvalue weighted by molar-refractivity contribution is 7.15. The molecule has 8 nitrogen and oxygen atoms in total. The number of aromatic amines is 2. The highest BCUT2D eigenvalue weighted by Crippen LogP contribution is 2.35. The van der Waals surface area contributed by atoms with E-state index >= 15 is 0 Å². The summed E-state index contributed by atoms with van der Waals surface area (Å²) in [6, 6.07) is 16.2. The number of carbonyl (C=O) groups is 1. The van der Waals surface area contributed by atoms with E-state index in [4.69, 9.17) is 9.97 Å². The van der Waals surface area contributed by atoms with E-state index in [1.165, 1.54) is 9.75 Å². The summed E-state index contributed by atoms with van der Waals surface area (Å²) in [5.74, 6) is 0.825. The summed E-state index contributed by atoms with van der Waals surface area (Å²) >= 11 is 1.76. The molecule has 1 aliphatic carbocycles. The van der Waals surface area contributed by atoms with Gasteiger partial charge in [0.15, 0.2) is 11.5 Å². The maximum Gasteiger partial charge on any atom is 0.227 e. The summed E-state index contributed by atoms with van der Waals surface area (Å²) in [4.78, 5) is 32.7. The fourth-order valence-corrected chi connectivity index (χ4v) is 6.12. The lowest BCUT2D eigenvalue weighted by atomic mass is 10.1. The third kappa shape index (κ3) is 4.05. The van der Waals surface area contributed by atoms with Crippen molar-refractivity contribution in [3.8, 4) is 33.2 Å². The van der Waals surface area contributed by atoms with Crippen LogP contribution in [0.5, 0.6) is 0 Å². The largest absolute Gasteiger partial charge is 0.336 e. The van der Waals surface area contributed by atoms with E-state index < -0.39 is 0 Å². The van der Waals surface area contributed by atoms with Crippen molar-refractivity contribution >= 4 is 45.0 Å². The molecule has 0 unspecified atom stereocenters. The number of hydrogen-bond donors (Lipinski definition) is 3. The number of benzene rings is 1. The molecule has 1 aliphatic rings. The van der Waals surface area contributed by atoms with E-state index in [1.54, 1.807) is 23.7 Å². The predicted octanol–water partition coefficient (Wildman–Crippen LogP) is 6.73. The van der Waals surface area contributed by atoms with Crippen LogP contribution in [0.25, 0.3) is 55.3 Å². The molecule has 188 valence electrons. The second-order valence-corrected chi connectivity index (χ2v) is 11.1. The first-order chi connectivity index (χ1) is 18.6. The van der Waals surface area contributed by atoms with Gasteiger partial charge >= 0.3 is 0 Å². The Hall–Kier alpha value is -4.37. The number of fused-ring (bicyclic) bond motifs is 2. The van der Waals surface area contributed by atoms with Crippen LogP contribution in [0.4, 0.5) is 5.69 Å². The Bertz CT molecular complexity index is 1810. The number of nitrogens with zero attached hydrogens (tertiary/aromatic N) is 4. The minimum Gasteiger partial charge on any atom is -0.336 e. The number of thiophene rings is 1. The summed E-state index contributed by atoms with van der Waals surface area (Å²) in [5, 5.41) is 10.7. The third-order valence-corrected chi connectivity index (χ3v) is 8.21. The standard InChI is InChI=1S/C29H25N7OS/c1-16-9-12-24(38-16)20-7-4-8-22-25(20)34-28(33-22)27-26-23(35-36-27)11-10-21(32-26)18-13-19(15-30-14-18)31-29(37)17-5-2-3-6-17/h4,7-15,17H,2-3,5-6H2,1H3,(H,31,37)(H,33,34)(H,35,36). The predicted molar refractivity (Wildman–Crippen MR) is 151 cm³/mol. The number of imidazole rings is 1. The number of aromatic nitrogens is 6. The van der Waals surface area contributed by atoms with Crippen molar-refractivity contribution in [3.05, 3.63) is 65.8 Å². The van der Waals surface area contributed by atoms with Crippen molar-refractivity contribution in [2.45, 2.75) is 32.6 Å². The Balaban J connectivity index is 1.24. The minimum absolute atomic E-state index is 0.0731. The van der Waals surface area contributed by atoms with Crippen LogP contribution in [-0.4, -0.2) is 36.0 Å². The Morgan fingerprint density at radius 3 is 2.74 bits per heavy atom. The molecule has 0 saturated heterocycles. The number of pyridine rings is 2. The van der Waals surface area contributed by atoms with Crippen LogP contribution in [-0.2, 0) is 4.79 Å². The molecule has 1 amide bonds. The zero-order valence-electron chi connectivity index (χ0n) is 20.8. The normalized spacial score (nSPS) is 14.0. The second-order valence-electron chi connectivity index (χ2n) is 9.80. The van der Waals surface area contributed by atoms with Gasteiger partial charge in [0.1, 0.15) is 5.52 Å². The zero-order chi connectivity index (χ0) is 25.6. The number of para-hydroxylation sites is 1. The first kappa shape index (κ1) is 22.8. The molecule has 3 N–H and O–H groups in total. The van der Waals surface area contributed by atoms with Crippen molar-refractivity contribution in [1.82, 2.24) is 30.1 Å². The molecule has 1 saturated carbocycles. The number of amides is 1. The molecule has 1 fully saturated rings. The molecule has 0 atom stereocenters. The second kappa shape index (κ2) is 9.18. The van der Waals surface area contributed by atoms with Crippen LogP contribution in [0.15, 0.2) is 60.9 Å². The van der Waals surface area contributed by atoms with E-state index in [1.807, 2.05) is 30.3 Å². The lowest BCUT2D eigenvalue weighted by Crippen LogP contribution is -2.20. The SMILES string of the molecule is Cc1ccc(-c2cccc3[nH]c(-c4n[nH]c5ccc(-c6cncc(NC(=O)C7CCCC7)c6)nc45)nc23)s1. The summed E-state index contributed by atoms with van der Waals surface area (Å²) in [6.07, 6.45) is 7.59. The molecular formula is C29H25N7OS. The molecule has 1 aromatic carbocycles. The van der Waals surface area contributed by atoms with Gasteiger partial charge in [-0.1, -0.05) is 25.0 Å². The molecule has 9 heteroatoms. The number of aryl methyl sites for hydroxylation is 1. The number of carbonyl (C=O) groups excluding carboxylic acids is 1. The smallest absolute Gasteiger partial charge is 0.227 e. The lowest BCUT2D eigenvalue weighted by molar-refractivity contribution is -0.119. The zero-order valence-corrected chi connectivity index (χ0v) is 21.6. The molecule has 7 rings (SSSR count). The van der Waals surface area contributed by atoms with Crippen LogP contribution in [0, 0.1) is 12.8 Å². The topological polar surface area (TPSA) is 112 Å². The van der Waals surface area contributed by atoms with Crippen LogP contribution in [0.3, 0.4) is 0 Å². The molecule has 0 bridgehead atoms. The van der Waals surface area contributed by atoms with E-state index in [9.17, 15) is 4.79 Å². The van der Waals surface area contributed by atoms with E-state index in [2.05, 4.69) is 50.6 Å². The molecule has 0 aliphatic heterocycles. The van der Waals surface area contributed by atoms with Crippen LogP contribution in [0.2, 0.25) is 0 Å². The molecule has 38 heavy (non-hydrogen) atoms. The molecule has 5 heterocycles. The molecule has 5 aromatic heterocycles. The molecule has 6 aromatic rings. The van der Waals surface area contributed by atoms with Gasteiger partial charge in [-0.05, 0) is 56.2 Å². The van der Waals surface area contributed by atoms with Gasteiger partial charge in [0.25, 0.3) is 0 Å². The van der Waals surface area contributed by atoms with Gasteiger partial charge < -0.3 is 10.3 Å². The van der Waals surface area contributed by atoms with Gasteiger partial charge in [-0.3, -0.25) is 14.9 Å². The van der Waals surface area contributed by atoms with Gasteiger partial charge in [-0.2, -0.15) is 5.10 Å². The third-order valence-electron chi connectivity index (χ3n) is 7.18. The van der Waals surface area contributed by atoms with E-state index in [0.717, 1.165) is 64.6 Å². The monoisotopic (exact) mass is 519 g/mol. The van der Waals surface area contributed by atoms with Gasteiger partial charge in [0.05, 0.1) is 34.1 Å². The van der Waals surface area contributed by atoms with Crippen LogP contribution in [0.1, 0.15) is 30.6 Å². The van der Waals surface area contributed by atoms with Gasteiger partial charge in [0, 0.05) is 33.0 Å². The first-order valence-electron chi connectivity index (χ1n) is 12.8. The molecular weight excluding hydrogens is 494 g/mol. The van der Waals surface area contributed by atoms with E-state index in [-0.39, 0.29) is 11.8 Å². The lowest BCUT2D eigenvalue weighted by Gasteiger charge is -2.11. The van der Waals surface area contributed by atoms with Crippen molar-refractivity contribution in [3.63, 3.8) is 0 Å². The fraction of sp³-hybridized carbons (Fsp3) is 0.207. The van der Waals surface area contributed by atoms with Crippen LogP contribution >= 0.6 is 11.3 Å². The highest BCUT2D eigenvalue weighted by Gasteiger charge is 2.23. The molecule has 0 spiro atoms. The maximum atomic E-state index is 12.6. The van der Waals surface area contributed by atoms with Crippen molar-refractivity contribution in [2.24, 2.45) is 5.92 Å². The van der Waals surface area contributed by atoms with Crippen molar-refractivity contribution in [2.75, 3.05) is 5.32 Å². The minimum atomic E-state index is 0.0731. The van der Waals surface area contributed by atoms with Crippen molar-refractivity contribution < 1.29 is 4.79 Å². The summed E-state index contributed by atoms with van der Waals surface area (Å²) in [6.45, 7) is 2.11. The number of nitrogens with one attached hydrogen (secondary N) is 3. The summed E-state index contributed by atoms with van der Waals surface area (Å²) in [7, 11) is 0. The number of anilines is 1. The van der Waals surface area contributed by atoms with Gasteiger partial charge in [-0.25, -0.2) is 9.97 Å². The van der Waals surface area contributed by atoms with E-state index in [0.29, 0.717) is 17.2 Å². The average Bonchev–Trinajstić information content (AvgIpc) is 3.74. The quantitative estimate of drug-likeness (QED) is 0.234. The average molecular weight is 520 g/mol. The van der Waals surface area contributed by atoms with Gasteiger partial charge in [0.2, 0.25) is 5.91 Å². The summed E-state index contributed by atoms with van der Waals surface area (Å²) < 4.78 is 0. The Morgan fingerprint density at radius 1 is 1.00 bits per heavy atom. The first-order valence-corrected chi connectivity index (χ1v) is 13.6. The van der Waals surface area contributed by atoms with Crippen LogP contribution < -0.4 is 5.32 Å². The Morgan fingerprint density at radius 2 is 1.89 bits per heavy atom. The molecule has 0 radical (unpaired) electrons. The van der Waals surface area contributed by atoms with Gasteiger partial charge in [-0.15, -0.1) is 11.3 Å². The number of rotatable bonds is 5. The summed E-state index contributed by atoms with van der Waals surface area (Å²) in [5.41, 5.74) is 7.40. The number of H-pyrrole nitrogens is 2. The number of hydrogen-bond acceptors (Lipinski definition) is 6. The Kier molecular flexibility index (Phi) is 5.51. The Labute approximate surface area is 222 Å². The highest BCUT2D eigenvalue weighted by atomic mass is 32.1. The van der Waals surface area contributed by atoms with Crippen molar-refractivity contribution in [1.29, 1.82) is 0 Å². The maximum absolute atomic E-state index is 12.6. The fourth-order valence-electron chi connectivity index (χ4n) is 5.23.